The highest BCUT2D eigenvalue weighted by atomic mass is 14.7. The SMILES string of the molecule is Cc1cccc2c1C1c3c(C)cccc3[C@@H]3c4ccccc4[C@H]2C13C.Cc1cccc2c1C1c3c(C)cccc3[C@@H]3c4ccccc4[C@H]2C13C. The van der Waals surface area contributed by atoms with Crippen LogP contribution in [-0.4, -0.2) is 0 Å². The first kappa shape index (κ1) is 29.1. The zero-order chi connectivity index (χ0) is 33.8. The van der Waals surface area contributed by atoms with Crippen LogP contribution in [-0.2, 0) is 0 Å². The molecule has 0 fully saturated rings. The Labute approximate surface area is 297 Å². The van der Waals surface area contributed by atoms with Crippen LogP contribution in [0.25, 0.3) is 0 Å². The van der Waals surface area contributed by atoms with Crippen LogP contribution < -0.4 is 0 Å². The molecule has 6 aliphatic carbocycles. The van der Waals surface area contributed by atoms with Crippen LogP contribution in [0.4, 0.5) is 0 Å². The molecular formula is C50H44. The van der Waals surface area contributed by atoms with E-state index in [-0.39, 0.29) is 10.8 Å². The van der Waals surface area contributed by atoms with Gasteiger partial charge in [-0.1, -0.05) is 135 Å². The second-order valence-corrected chi connectivity index (χ2v) is 16.9. The second-order valence-electron chi connectivity index (χ2n) is 16.9. The quantitative estimate of drug-likeness (QED) is 0.154. The molecule has 6 aromatic carbocycles. The predicted molar refractivity (Wildman–Crippen MR) is 205 cm³/mol. The van der Waals surface area contributed by atoms with Gasteiger partial charge in [0, 0.05) is 46.3 Å². The average Bonchev–Trinajstić information content (AvgIpc) is 3.85. The molecule has 0 aromatic heterocycles. The molecule has 0 saturated heterocycles. The molecule has 0 nitrogen and oxygen atoms in total. The van der Waals surface area contributed by atoms with E-state index in [1.54, 1.807) is 66.8 Å². The van der Waals surface area contributed by atoms with Crippen LogP contribution in [0.1, 0.15) is 138 Å². The van der Waals surface area contributed by atoms with Crippen molar-refractivity contribution in [2.45, 2.75) is 77.0 Å². The van der Waals surface area contributed by atoms with Gasteiger partial charge in [-0.2, -0.15) is 0 Å². The van der Waals surface area contributed by atoms with Crippen molar-refractivity contribution in [3.63, 3.8) is 0 Å². The first-order chi connectivity index (χ1) is 24.3. The lowest BCUT2D eigenvalue weighted by molar-refractivity contribution is 0.288. The lowest BCUT2D eigenvalue weighted by Crippen LogP contribution is -2.23. The number of hydrogen-bond acceptors (Lipinski definition) is 0. The first-order valence-corrected chi connectivity index (χ1v) is 18.8. The number of benzene rings is 6. The molecule has 244 valence electrons. The molecule has 0 amide bonds. The average molecular weight is 645 g/mol. The molecule has 4 unspecified atom stereocenters. The van der Waals surface area contributed by atoms with E-state index in [1.165, 1.54) is 22.3 Å². The van der Waals surface area contributed by atoms with E-state index >= 15 is 0 Å². The lowest BCUT2D eigenvalue weighted by atomic mass is 9.70. The summed E-state index contributed by atoms with van der Waals surface area (Å²) >= 11 is 0. The van der Waals surface area contributed by atoms with Gasteiger partial charge < -0.3 is 0 Å². The van der Waals surface area contributed by atoms with Crippen molar-refractivity contribution in [2.75, 3.05) is 0 Å². The third-order valence-corrected chi connectivity index (χ3v) is 14.8. The highest BCUT2D eigenvalue weighted by molar-refractivity contribution is 5.72. The van der Waals surface area contributed by atoms with Gasteiger partial charge in [0.15, 0.2) is 0 Å². The molecule has 6 aromatic rings. The highest BCUT2D eigenvalue weighted by Crippen LogP contribution is 2.78. The number of hydrogen-bond donors (Lipinski definition) is 0. The summed E-state index contributed by atoms with van der Waals surface area (Å²) in [6.45, 7) is 14.3. The second kappa shape index (κ2) is 9.55. The van der Waals surface area contributed by atoms with Gasteiger partial charge in [0.25, 0.3) is 0 Å². The van der Waals surface area contributed by atoms with Crippen LogP contribution in [0.2, 0.25) is 0 Å². The molecule has 8 atom stereocenters. The molecule has 0 radical (unpaired) electrons. The minimum atomic E-state index is 0.243. The predicted octanol–water partition coefficient (Wildman–Crippen LogP) is 12.1. The van der Waals surface area contributed by atoms with Gasteiger partial charge in [0.1, 0.15) is 0 Å². The van der Waals surface area contributed by atoms with Gasteiger partial charge in [-0.15, -0.1) is 0 Å². The maximum Gasteiger partial charge on any atom is 0.0172 e. The van der Waals surface area contributed by atoms with E-state index in [1.807, 2.05) is 0 Å². The van der Waals surface area contributed by atoms with Gasteiger partial charge in [0.05, 0.1) is 0 Å². The minimum absolute atomic E-state index is 0.243. The Morgan fingerprint density at radius 1 is 0.280 bits per heavy atom. The van der Waals surface area contributed by atoms with Gasteiger partial charge in [-0.25, -0.2) is 0 Å². The van der Waals surface area contributed by atoms with E-state index < -0.39 is 0 Å². The Hall–Kier alpha value is -4.68. The van der Waals surface area contributed by atoms with Gasteiger partial charge in [-0.05, 0) is 117 Å². The lowest BCUT2D eigenvalue weighted by Gasteiger charge is -2.31. The first-order valence-electron chi connectivity index (χ1n) is 18.8. The molecule has 50 heavy (non-hydrogen) atoms. The molecule has 0 bridgehead atoms. The maximum atomic E-state index is 2.56. The van der Waals surface area contributed by atoms with Crippen LogP contribution in [0, 0.1) is 38.5 Å². The summed E-state index contributed by atoms with van der Waals surface area (Å²) in [7, 11) is 0. The number of rotatable bonds is 0. The van der Waals surface area contributed by atoms with Gasteiger partial charge >= 0.3 is 0 Å². The summed E-state index contributed by atoms with van der Waals surface area (Å²) in [6, 6.07) is 46.3. The Bertz CT molecular complexity index is 2120. The Balaban J connectivity index is 0.000000120. The Morgan fingerprint density at radius 2 is 0.500 bits per heavy atom. The van der Waals surface area contributed by atoms with E-state index in [0.29, 0.717) is 35.5 Å². The van der Waals surface area contributed by atoms with Gasteiger partial charge in [-0.3, -0.25) is 0 Å². The molecule has 12 rings (SSSR count). The van der Waals surface area contributed by atoms with Crippen molar-refractivity contribution in [3.8, 4) is 0 Å². The van der Waals surface area contributed by atoms with Crippen LogP contribution in [0.3, 0.4) is 0 Å². The molecule has 0 heteroatoms. The van der Waals surface area contributed by atoms with Gasteiger partial charge in [0.2, 0.25) is 0 Å². The molecule has 0 N–H and O–H groups in total. The van der Waals surface area contributed by atoms with Crippen molar-refractivity contribution < 1.29 is 0 Å². The summed E-state index contributed by atoms with van der Waals surface area (Å²) in [5, 5.41) is 0. The number of aryl methyl sites for hydroxylation is 4. The molecular weight excluding hydrogens is 601 g/mol. The zero-order valence-electron chi connectivity index (χ0n) is 30.0. The summed E-state index contributed by atoms with van der Waals surface area (Å²) in [6.07, 6.45) is 0. The van der Waals surface area contributed by atoms with Crippen molar-refractivity contribution in [1.29, 1.82) is 0 Å². The smallest absolute Gasteiger partial charge is 0.0172 e. The fraction of sp³-hybridized carbons (Fsp3) is 0.280. The van der Waals surface area contributed by atoms with Crippen LogP contribution in [0.5, 0.6) is 0 Å². The van der Waals surface area contributed by atoms with Crippen molar-refractivity contribution in [3.05, 3.63) is 210 Å². The van der Waals surface area contributed by atoms with Crippen molar-refractivity contribution >= 4 is 0 Å². The highest BCUT2D eigenvalue weighted by Gasteiger charge is 2.66. The fourth-order valence-electron chi connectivity index (χ4n) is 13.4. The third kappa shape index (κ3) is 3.13. The molecule has 0 saturated carbocycles. The fourth-order valence-corrected chi connectivity index (χ4v) is 13.4. The molecule has 0 spiro atoms. The van der Waals surface area contributed by atoms with Crippen molar-refractivity contribution in [1.82, 2.24) is 0 Å². The van der Waals surface area contributed by atoms with Crippen LogP contribution in [0.15, 0.2) is 121 Å². The van der Waals surface area contributed by atoms with E-state index in [0.717, 1.165) is 0 Å². The van der Waals surface area contributed by atoms with E-state index in [4.69, 9.17) is 0 Å². The topological polar surface area (TPSA) is 0 Å². The summed E-state index contributed by atoms with van der Waals surface area (Å²) in [5.41, 5.74) is 25.4. The molecule has 0 aliphatic heterocycles. The minimum Gasteiger partial charge on any atom is -0.0620 e. The van der Waals surface area contributed by atoms with E-state index in [9.17, 15) is 0 Å². The van der Waals surface area contributed by atoms with Crippen LogP contribution >= 0.6 is 0 Å². The summed E-state index contributed by atoms with van der Waals surface area (Å²) < 4.78 is 0. The summed E-state index contributed by atoms with van der Waals surface area (Å²) in [5.74, 6) is 3.17. The molecule has 0 heterocycles. The van der Waals surface area contributed by atoms with E-state index in [2.05, 4.69) is 163 Å². The molecule has 6 aliphatic rings. The zero-order valence-corrected chi connectivity index (χ0v) is 30.0. The third-order valence-electron chi connectivity index (χ3n) is 14.8. The monoisotopic (exact) mass is 644 g/mol. The Morgan fingerprint density at radius 3 is 0.740 bits per heavy atom. The number of fused-ring (bicyclic) bond motifs is 18. The van der Waals surface area contributed by atoms with Crippen molar-refractivity contribution in [2.24, 2.45) is 10.8 Å². The maximum absolute atomic E-state index is 2.56. The standard InChI is InChI=1S/2C25H22/c2*1-14-8-6-12-18-20(14)24-21-15(2)9-7-13-19(21)23-17-11-5-4-10-16(17)22(18)25(23,24)3/h2*4-13,22-24H,1-3H3/t2*22-,23+,24?,25?. The normalized spacial score (nSPS) is 30.0. The Kier molecular flexibility index (Phi) is 5.56. The summed E-state index contributed by atoms with van der Waals surface area (Å²) in [4.78, 5) is 0. The largest absolute Gasteiger partial charge is 0.0620 e.